The number of alkyl halides is 1. The molecule has 16 heavy (non-hydrogen) atoms. The minimum absolute atomic E-state index is 0.0569. The maximum atomic E-state index is 11.8. The van der Waals surface area contributed by atoms with Crippen LogP contribution in [0.2, 0.25) is 5.02 Å². The number of carbonyl (C=O) groups is 1. The molecule has 0 aliphatic heterocycles. The summed E-state index contributed by atoms with van der Waals surface area (Å²) in [6, 6.07) is 7.35. The van der Waals surface area contributed by atoms with E-state index in [-0.39, 0.29) is 11.9 Å². The molecular weight excluding hydrogens is 245 g/mol. The number of hydrogen-bond donors (Lipinski definition) is 0. The van der Waals surface area contributed by atoms with Crippen molar-refractivity contribution in [3.8, 4) is 0 Å². The van der Waals surface area contributed by atoms with E-state index in [0.717, 1.165) is 5.56 Å². The summed E-state index contributed by atoms with van der Waals surface area (Å²) >= 11 is 11.5. The van der Waals surface area contributed by atoms with Gasteiger partial charge in [0.25, 0.3) is 0 Å². The summed E-state index contributed by atoms with van der Waals surface area (Å²) in [5.74, 6) is 0.513. The first-order valence-electron chi connectivity index (χ1n) is 5.10. The Kier molecular flexibility index (Phi) is 5.10. The van der Waals surface area contributed by atoms with Crippen molar-refractivity contribution >= 4 is 29.1 Å². The van der Waals surface area contributed by atoms with Gasteiger partial charge in [0.2, 0.25) is 5.91 Å². The molecule has 1 aromatic rings. The molecule has 0 saturated carbocycles. The third-order valence-corrected chi connectivity index (χ3v) is 3.25. The summed E-state index contributed by atoms with van der Waals surface area (Å²) in [4.78, 5) is 13.5. The van der Waals surface area contributed by atoms with E-state index in [2.05, 4.69) is 0 Å². The van der Waals surface area contributed by atoms with Crippen molar-refractivity contribution in [3.63, 3.8) is 0 Å². The smallest absolute Gasteiger partial charge is 0.227 e. The van der Waals surface area contributed by atoms with Crippen LogP contribution in [0, 0.1) is 0 Å². The van der Waals surface area contributed by atoms with Gasteiger partial charge in [-0.3, -0.25) is 4.79 Å². The molecule has 0 spiro atoms. The van der Waals surface area contributed by atoms with Crippen LogP contribution in [-0.2, 0) is 11.2 Å². The van der Waals surface area contributed by atoms with Gasteiger partial charge in [0, 0.05) is 24.0 Å². The summed E-state index contributed by atoms with van der Waals surface area (Å²) in [6.45, 7) is 1.92. The van der Waals surface area contributed by atoms with Gasteiger partial charge < -0.3 is 4.90 Å². The highest BCUT2D eigenvalue weighted by atomic mass is 35.5. The average molecular weight is 260 g/mol. The Bertz CT molecular complexity index is 351. The molecule has 88 valence electrons. The van der Waals surface area contributed by atoms with E-state index in [9.17, 15) is 4.79 Å². The van der Waals surface area contributed by atoms with E-state index < -0.39 is 0 Å². The largest absolute Gasteiger partial charge is 0.342 e. The van der Waals surface area contributed by atoms with Crippen molar-refractivity contribution in [2.75, 3.05) is 12.9 Å². The summed E-state index contributed by atoms with van der Waals surface area (Å²) < 4.78 is 0. The lowest BCUT2D eigenvalue weighted by atomic mass is 10.1. The van der Waals surface area contributed by atoms with E-state index in [0.29, 0.717) is 17.3 Å². The molecule has 0 fully saturated rings. The van der Waals surface area contributed by atoms with Crippen molar-refractivity contribution in [1.82, 2.24) is 4.90 Å². The van der Waals surface area contributed by atoms with E-state index in [4.69, 9.17) is 23.2 Å². The maximum absolute atomic E-state index is 11.8. The Morgan fingerprint density at radius 1 is 1.38 bits per heavy atom. The third-order valence-electron chi connectivity index (χ3n) is 2.55. The van der Waals surface area contributed by atoms with Crippen LogP contribution in [0.25, 0.3) is 0 Å². The molecule has 1 unspecified atom stereocenters. The van der Waals surface area contributed by atoms with Gasteiger partial charge in [0.1, 0.15) is 0 Å². The van der Waals surface area contributed by atoms with Gasteiger partial charge in [-0.2, -0.15) is 0 Å². The third kappa shape index (κ3) is 3.69. The molecule has 2 nitrogen and oxygen atoms in total. The molecule has 1 aromatic carbocycles. The number of benzene rings is 1. The summed E-state index contributed by atoms with van der Waals surface area (Å²) in [5.41, 5.74) is 0.961. The molecule has 0 saturated heterocycles. The van der Waals surface area contributed by atoms with Crippen molar-refractivity contribution in [2.24, 2.45) is 0 Å². The second-order valence-electron chi connectivity index (χ2n) is 3.81. The zero-order valence-corrected chi connectivity index (χ0v) is 10.9. The highest BCUT2D eigenvalue weighted by molar-refractivity contribution is 6.30. The first-order valence-corrected chi connectivity index (χ1v) is 6.02. The SMILES string of the molecule is CC(CCl)N(C)C(=O)Cc1ccc(Cl)cc1. The summed E-state index contributed by atoms with van der Waals surface area (Å²) in [6.07, 6.45) is 0.384. The second-order valence-corrected chi connectivity index (χ2v) is 4.56. The van der Waals surface area contributed by atoms with Crippen molar-refractivity contribution < 1.29 is 4.79 Å². The number of likely N-dealkylation sites (N-methyl/N-ethyl adjacent to an activating group) is 1. The molecule has 0 aromatic heterocycles. The standard InChI is InChI=1S/C12H15Cl2NO/c1-9(8-13)15(2)12(16)7-10-3-5-11(14)6-4-10/h3-6,9H,7-8H2,1-2H3. The molecule has 0 aliphatic carbocycles. The number of rotatable bonds is 4. The predicted molar refractivity (Wildman–Crippen MR) is 68.1 cm³/mol. The topological polar surface area (TPSA) is 20.3 Å². The van der Waals surface area contributed by atoms with Crippen molar-refractivity contribution in [3.05, 3.63) is 34.9 Å². The fourth-order valence-electron chi connectivity index (χ4n) is 1.25. The van der Waals surface area contributed by atoms with Gasteiger partial charge in [-0.25, -0.2) is 0 Å². The lowest BCUT2D eigenvalue weighted by molar-refractivity contribution is -0.130. The Hall–Kier alpha value is -0.730. The number of nitrogens with zero attached hydrogens (tertiary/aromatic N) is 1. The minimum atomic E-state index is 0.0569. The van der Waals surface area contributed by atoms with Crippen LogP contribution in [0.4, 0.5) is 0 Å². The van der Waals surface area contributed by atoms with Crippen LogP contribution in [-0.4, -0.2) is 29.8 Å². The lowest BCUT2D eigenvalue weighted by Crippen LogP contribution is -2.37. The van der Waals surface area contributed by atoms with Crippen LogP contribution in [0.5, 0.6) is 0 Å². The second kappa shape index (κ2) is 6.12. The van der Waals surface area contributed by atoms with Crippen molar-refractivity contribution in [2.45, 2.75) is 19.4 Å². The number of amides is 1. The van der Waals surface area contributed by atoms with Gasteiger partial charge in [0.15, 0.2) is 0 Å². The van der Waals surface area contributed by atoms with Crippen molar-refractivity contribution in [1.29, 1.82) is 0 Å². The van der Waals surface area contributed by atoms with Crippen LogP contribution in [0.15, 0.2) is 24.3 Å². The molecule has 1 rings (SSSR count). The van der Waals surface area contributed by atoms with Gasteiger partial charge in [-0.1, -0.05) is 23.7 Å². The number of carbonyl (C=O) groups excluding carboxylic acids is 1. The van der Waals surface area contributed by atoms with Gasteiger partial charge in [0.05, 0.1) is 6.42 Å². The molecule has 1 amide bonds. The first kappa shape index (κ1) is 13.3. The molecule has 4 heteroatoms. The first-order chi connectivity index (χ1) is 7.54. The van der Waals surface area contributed by atoms with Crippen LogP contribution in [0.3, 0.4) is 0 Å². The molecular formula is C12H15Cl2NO. The summed E-state index contributed by atoms with van der Waals surface area (Å²) in [7, 11) is 1.77. The predicted octanol–water partition coefficient (Wildman–Crippen LogP) is 2.97. The fraction of sp³-hybridized carbons (Fsp3) is 0.417. The monoisotopic (exact) mass is 259 g/mol. The number of hydrogen-bond acceptors (Lipinski definition) is 1. The zero-order valence-electron chi connectivity index (χ0n) is 9.41. The maximum Gasteiger partial charge on any atom is 0.227 e. The average Bonchev–Trinajstić information content (AvgIpc) is 2.30. The molecule has 0 heterocycles. The van der Waals surface area contributed by atoms with E-state index >= 15 is 0 Å². The highest BCUT2D eigenvalue weighted by Crippen LogP contribution is 2.11. The Morgan fingerprint density at radius 3 is 2.44 bits per heavy atom. The van der Waals surface area contributed by atoms with E-state index in [1.54, 1.807) is 24.1 Å². The normalized spacial score (nSPS) is 12.2. The van der Waals surface area contributed by atoms with Crippen LogP contribution >= 0.6 is 23.2 Å². The zero-order chi connectivity index (χ0) is 12.1. The van der Waals surface area contributed by atoms with E-state index in [1.807, 2.05) is 19.1 Å². The molecule has 0 N–H and O–H groups in total. The fourth-order valence-corrected chi connectivity index (χ4v) is 1.58. The molecule has 0 radical (unpaired) electrons. The van der Waals surface area contributed by atoms with E-state index in [1.165, 1.54) is 0 Å². The Morgan fingerprint density at radius 2 is 1.94 bits per heavy atom. The van der Waals surface area contributed by atoms with Gasteiger partial charge in [-0.15, -0.1) is 11.6 Å². The van der Waals surface area contributed by atoms with Gasteiger partial charge in [-0.05, 0) is 24.6 Å². The minimum Gasteiger partial charge on any atom is -0.342 e. The van der Waals surface area contributed by atoms with Crippen LogP contribution in [0.1, 0.15) is 12.5 Å². The lowest BCUT2D eigenvalue weighted by Gasteiger charge is -2.23. The highest BCUT2D eigenvalue weighted by Gasteiger charge is 2.14. The quantitative estimate of drug-likeness (QED) is 0.762. The summed E-state index contributed by atoms with van der Waals surface area (Å²) in [5, 5.41) is 0.679. The molecule has 0 aliphatic rings. The Balaban J connectivity index is 2.60. The molecule has 0 bridgehead atoms. The Labute approximate surface area is 106 Å². The van der Waals surface area contributed by atoms with Crippen LogP contribution < -0.4 is 0 Å². The van der Waals surface area contributed by atoms with Gasteiger partial charge >= 0.3 is 0 Å². The number of halogens is 2. The molecule has 1 atom stereocenters.